The van der Waals surface area contributed by atoms with Gasteiger partial charge < -0.3 is 19.3 Å². The number of aryl methyl sites for hydroxylation is 1. The molecule has 2 aromatic heterocycles. The minimum Gasteiger partial charge on any atom is -0.497 e. The molecule has 3 heterocycles. The molecule has 0 aliphatic carbocycles. The highest BCUT2D eigenvalue weighted by Gasteiger charge is 2.28. The summed E-state index contributed by atoms with van der Waals surface area (Å²) in [5.41, 5.74) is 1.75. The van der Waals surface area contributed by atoms with Crippen molar-refractivity contribution in [3.63, 3.8) is 0 Å². The van der Waals surface area contributed by atoms with Gasteiger partial charge in [-0.3, -0.25) is 4.79 Å². The number of rotatable bonds is 6. The normalized spacial score (nSPS) is 16.4. The smallest absolute Gasteiger partial charge is 0.275 e. The molecule has 0 bridgehead atoms. The van der Waals surface area contributed by atoms with E-state index in [1.165, 1.54) is 15.9 Å². The molecule has 1 aliphatic heterocycles. The summed E-state index contributed by atoms with van der Waals surface area (Å²) in [4.78, 5) is 21.9. The predicted octanol–water partition coefficient (Wildman–Crippen LogP) is 2.45. The number of anilines is 2. The topological polar surface area (TPSA) is 72.2 Å². The number of hydrogen-bond donors (Lipinski definition) is 0. The zero-order valence-corrected chi connectivity index (χ0v) is 17.9. The summed E-state index contributed by atoms with van der Waals surface area (Å²) in [5, 5.41) is 5.32. The summed E-state index contributed by atoms with van der Waals surface area (Å²) in [5.74, 6) is 1.55. The first-order valence-electron chi connectivity index (χ1n) is 9.63. The van der Waals surface area contributed by atoms with E-state index in [0.717, 1.165) is 53.9 Å². The van der Waals surface area contributed by atoms with Gasteiger partial charge in [-0.25, -0.2) is 4.98 Å². The Balaban J connectivity index is 1.55. The minimum absolute atomic E-state index is 0.126. The van der Waals surface area contributed by atoms with Gasteiger partial charge in [0, 0.05) is 55.8 Å². The van der Waals surface area contributed by atoms with Crippen LogP contribution >= 0.6 is 11.3 Å². The van der Waals surface area contributed by atoms with Crippen molar-refractivity contribution in [2.24, 2.45) is 0 Å². The van der Waals surface area contributed by atoms with E-state index in [1.54, 1.807) is 20.3 Å². The van der Waals surface area contributed by atoms with E-state index >= 15 is 0 Å². The number of benzene rings is 1. The zero-order valence-electron chi connectivity index (χ0n) is 17.1. The van der Waals surface area contributed by atoms with Gasteiger partial charge in [0.1, 0.15) is 11.5 Å². The summed E-state index contributed by atoms with van der Waals surface area (Å²) >= 11 is 1.45. The molecule has 8 nitrogen and oxygen atoms in total. The van der Waals surface area contributed by atoms with Crippen LogP contribution in [0.5, 0.6) is 11.5 Å². The summed E-state index contributed by atoms with van der Waals surface area (Å²) in [6.45, 7) is 3.77. The van der Waals surface area contributed by atoms with E-state index in [-0.39, 0.29) is 11.6 Å². The third-order valence-corrected chi connectivity index (χ3v) is 6.36. The molecule has 29 heavy (non-hydrogen) atoms. The minimum atomic E-state index is -0.126. The maximum Gasteiger partial charge on any atom is 0.275 e. The van der Waals surface area contributed by atoms with E-state index < -0.39 is 0 Å². The Morgan fingerprint density at radius 2 is 1.93 bits per heavy atom. The SMILES string of the molecule is CCc1cc(=O)n2nc(N(C)C3CCN(c4cc(OC)cc(OC)c4)C3)sc2n1. The maximum absolute atomic E-state index is 12.3. The number of nitrogens with zero attached hydrogens (tertiary/aromatic N) is 5. The first kappa shape index (κ1) is 19.5. The molecule has 0 spiro atoms. The summed E-state index contributed by atoms with van der Waals surface area (Å²) in [7, 11) is 5.35. The van der Waals surface area contributed by atoms with Crippen LogP contribution in [0, 0.1) is 0 Å². The van der Waals surface area contributed by atoms with Gasteiger partial charge in [-0.1, -0.05) is 18.3 Å². The standard InChI is InChI=1S/C20H25N5O3S/c1-5-13-8-18(26)25-19(21-13)29-20(22-25)23(2)14-6-7-24(12-14)15-9-16(27-3)11-17(10-15)28-4/h8-11,14H,5-7,12H2,1-4H3. The first-order chi connectivity index (χ1) is 14.0. The molecule has 0 N–H and O–H groups in total. The third-order valence-electron chi connectivity index (χ3n) is 5.36. The van der Waals surface area contributed by atoms with Crippen molar-refractivity contribution in [2.75, 3.05) is 44.2 Å². The Morgan fingerprint density at radius 3 is 2.59 bits per heavy atom. The fraction of sp³-hybridized carbons (Fsp3) is 0.450. The second-order valence-corrected chi connectivity index (χ2v) is 8.02. The van der Waals surface area contributed by atoms with Gasteiger partial charge in [0.2, 0.25) is 10.1 Å². The average molecular weight is 416 g/mol. The van der Waals surface area contributed by atoms with Gasteiger partial charge in [0.05, 0.1) is 20.3 Å². The molecular formula is C20H25N5O3S. The molecule has 3 aromatic rings. The van der Waals surface area contributed by atoms with Crippen molar-refractivity contribution in [1.29, 1.82) is 0 Å². The number of ether oxygens (including phenoxy) is 2. The van der Waals surface area contributed by atoms with Crippen LogP contribution in [0.3, 0.4) is 0 Å². The Hall–Kier alpha value is -2.81. The van der Waals surface area contributed by atoms with Crippen LogP contribution in [0.4, 0.5) is 10.8 Å². The molecule has 0 saturated carbocycles. The molecule has 1 aliphatic rings. The quantitative estimate of drug-likeness (QED) is 0.612. The fourth-order valence-electron chi connectivity index (χ4n) is 3.59. The molecule has 9 heteroatoms. The van der Waals surface area contributed by atoms with Crippen molar-refractivity contribution >= 4 is 27.1 Å². The van der Waals surface area contributed by atoms with Crippen LogP contribution in [0.15, 0.2) is 29.1 Å². The Labute approximate surface area is 173 Å². The number of fused-ring (bicyclic) bond motifs is 1. The fourth-order valence-corrected chi connectivity index (χ4v) is 4.55. The van der Waals surface area contributed by atoms with E-state index in [9.17, 15) is 4.79 Å². The van der Waals surface area contributed by atoms with Crippen LogP contribution in [0.2, 0.25) is 0 Å². The van der Waals surface area contributed by atoms with Crippen LogP contribution in [-0.4, -0.2) is 55.0 Å². The highest BCUT2D eigenvalue weighted by atomic mass is 32.1. The second-order valence-electron chi connectivity index (χ2n) is 7.09. The molecule has 154 valence electrons. The lowest BCUT2D eigenvalue weighted by Gasteiger charge is -2.25. The molecule has 0 radical (unpaired) electrons. The number of likely N-dealkylation sites (N-methyl/N-ethyl adjacent to an activating group) is 1. The first-order valence-corrected chi connectivity index (χ1v) is 10.4. The molecular weight excluding hydrogens is 390 g/mol. The monoisotopic (exact) mass is 415 g/mol. The summed E-state index contributed by atoms with van der Waals surface area (Å²) in [6, 6.07) is 7.77. The number of hydrogen-bond acceptors (Lipinski definition) is 8. The largest absolute Gasteiger partial charge is 0.497 e. The van der Waals surface area contributed by atoms with Gasteiger partial charge in [0.25, 0.3) is 5.56 Å². The Bertz CT molecular complexity index is 1060. The van der Waals surface area contributed by atoms with Gasteiger partial charge in [-0.2, -0.15) is 4.52 Å². The van der Waals surface area contributed by atoms with Crippen molar-refractivity contribution in [2.45, 2.75) is 25.8 Å². The molecule has 1 saturated heterocycles. The van der Waals surface area contributed by atoms with Crippen molar-refractivity contribution in [1.82, 2.24) is 14.6 Å². The van der Waals surface area contributed by atoms with Crippen LogP contribution in [0.25, 0.3) is 4.96 Å². The number of aromatic nitrogens is 3. The van der Waals surface area contributed by atoms with E-state index in [1.807, 2.05) is 32.2 Å². The highest BCUT2D eigenvalue weighted by molar-refractivity contribution is 7.20. The third kappa shape index (κ3) is 3.74. The lowest BCUT2D eigenvalue weighted by molar-refractivity contribution is 0.394. The van der Waals surface area contributed by atoms with Crippen molar-refractivity contribution < 1.29 is 9.47 Å². The zero-order chi connectivity index (χ0) is 20.5. The van der Waals surface area contributed by atoms with Crippen LogP contribution < -0.4 is 24.8 Å². The van der Waals surface area contributed by atoms with Gasteiger partial charge in [-0.15, -0.1) is 5.10 Å². The van der Waals surface area contributed by atoms with Gasteiger partial charge in [-0.05, 0) is 12.8 Å². The molecule has 1 unspecified atom stereocenters. The lowest BCUT2D eigenvalue weighted by Crippen LogP contribution is -2.34. The molecule has 0 amide bonds. The molecule has 1 fully saturated rings. The van der Waals surface area contributed by atoms with Crippen LogP contribution in [0.1, 0.15) is 19.0 Å². The molecule has 1 atom stereocenters. The van der Waals surface area contributed by atoms with E-state index in [2.05, 4.69) is 19.9 Å². The van der Waals surface area contributed by atoms with Crippen molar-refractivity contribution in [3.8, 4) is 11.5 Å². The van der Waals surface area contributed by atoms with E-state index in [4.69, 9.17) is 9.47 Å². The molecule has 4 rings (SSSR count). The Kier molecular flexibility index (Phi) is 5.31. The summed E-state index contributed by atoms with van der Waals surface area (Å²) < 4.78 is 12.2. The van der Waals surface area contributed by atoms with Gasteiger partial charge in [0.15, 0.2) is 0 Å². The highest BCUT2D eigenvalue weighted by Crippen LogP contribution is 2.32. The van der Waals surface area contributed by atoms with E-state index in [0.29, 0.717) is 4.96 Å². The predicted molar refractivity (Wildman–Crippen MR) is 115 cm³/mol. The summed E-state index contributed by atoms with van der Waals surface area (Å²) in [6.07, 6.45) is 1.73. The average Bonchev–Trinajstić information content (AvgIpc) is 3.40. The maximum atomic E-state index is 12.3. The number of methoxy groups -OCH3 is 2. The second kappa shape index (κ2) is 7.90. The van der Waals surface area contributed by atoms with Crippen molar-refractivity contribution in [3.05, 3.63) is 40.3 Å². The lowest BCUT2D eigenvalue weighted by atomic mass is 10.2. The molecule has 1 aromatic carbocycles. The van der Waals surface area contributed by atoms with Crippen LogP contribution in [-0.2, 0) is 6.42 Å². The van der Waals surface area contributed by atoms with Gasteiger partial charge >= 0.3 is 0 Å². The Morgan fingerprint density at radius 1 is 1.21 bits per heavy atom.